The summed E-state index contributed by atoms with van der Waals surface area (Å²) >= 11 is 0. The van der Waals surface area contributed by atoms with Crippen molar-refractivity contribution in [2.75, 3.05) is 17.7 Å². The minimum Gasteiger partial charge on any atom is -0.372 e. The second-order valence-electron chi connectivity index (χ2n) is 9.45. The molecule has 1 aromatic carbocycles. The molecule has 0 radical (unpaired) electrons. The number of aromatic nitrogens is 4. The van der Waals surface area contributed by atoms with E-state index in [1.807, 2.05) is 7.05 Å². The first-order valence-electron chi connectivity index (χ1n) is 11.9. The lowest BCUT2D eigenvalue weighted by Gasteiger charge is -2.15. The Bertz CT molecular complexity index is 1260. The second-order valence-corrected chi connectivity index (χ2v) is 9.45. The molecule has 4 aromatic rings. The molecule has 6 nitrogen and oxygen atoms in total. The van der Waals surface area contributed by atoms with Crippen LogP contribution in [-0.2, 0) is 6.42 Å². The van der Waals surface area contributed by atoms with Crippen molar-refractivity contribution in [3.63, 3.8) is 0 Å². The summed E-state index contributed by atoms with van der Waals surface area (Å²) in [6.07, 6.45) is 12.5. The molecule has 6 rings (SSSR count). The van der Waals surface area contributed by atoms with Gasteiger partial charge in [-0.05, 0) is 80.7 Å². The number of benzene rings is 1. The zero-order chi connectivity index (χ0) is 21.5. The number of pyridine rings is 1. The number of fused-ring (bicyclic) bond motifs is 2. The standard InChI is InChI=1S/C26H30N6/c1-27-25-22-12-13-32(26(22)29-16-28-25)21-10-5-17(14-21)2-3-18-4-6-19-7-11-24(30-20-8-9-20)31-23(19)15-18/h4,6-7,11-13,15-17,20-21H,2-3,5,8-10,14H2,1H3,(H,30,31)(H,27,28,29)/t17-,21+/m1/s1. The van der Waals surface area contributed by atoms with Crippen molar-refractivity contribution in [1.82, 2.24) is 19.5 Å². The van der Waals surface area contributed by atoms with Crippen molar-refractivity contribution >= 4 is 33.6 Å². The van der Waals surface area contributed by atoms with Crippen molar-refractivity contribution in [2.45, 2.75) is 57.0 Å². The maximum atomic E-state index is 4.85. The summed E-state index contributed by atoms with van der Waals surface area (Å²) in [5.41, 5.74) is 3.55. The van der Waals surface area contributed by atoms with Gasteiger partial charge in [-0.1, -0.05) is 12.1 Å². The number of hydrogen-bond donors (Lipinski definition) is 2. The first-order valence-corrected chi connectivity index (χ1v) is 11.9. The van der Waals surface area contributed by atoms with Gasteiger partial charge in [-0.15, -0.1) is 0 Å². The predicted molar refractivity (Wildman–Crippen MR) is 130 cm³/mol. The fourth-order valence-electron chi connectivity index (χ4n) is 5.23. The number of aryl methyl sites for hydroxylation is 1. The highest BCUT2D eigenvalue weighted by Gasteiger charge is 2.27. The van der Waals surface area contributed by atoms with Crippen LogP contribution in [-0.4, -0.2) is 32.6 Å². The molecule has 3 heterocycles. The van der Waals surface area contributed by atoms with E-state index in [0.29, 0.717) is 12.1 Å². The first-order chi connectivity index (χ1) is 15.8. The highest BCUT2D eigenvalue weighted by molar-refractivity contribution is 5.87. The molecule has 2 aliphatic carbocycles. The topological polar surface area (TPSA) is 67.7 Å². The van der Waals surface area contributed by atoms with Crippen molar-refractivity contribution in [3.05, 3.63) is 54.5 Å². The third kappa shape index (κ3) is 3.78. The average molecular weight is 427 g/mol. The van der Waals surface area contributed by atoms with Gasteiger partial charge in [0.1, 0.15) is 23.6 Å². The van der Waals surface area contributed by atoms with Crippen LogP contribution in [0.2, 0.25) is 0 Å². The maximum absolute atomic E-state index is 4.85. The molecular weight excluding hydrogens is 396 g/mol. The van der Waals surface area contributed by atoms with Crippen molar-refractivity contribution < 1.29 is 0 Å². The lowest BCUT2D eigenvalue weighted by Crippen LogP contribution is -2.06. The Kier molecular flexibility index (Phi) is 4.93. The summed E-state index contributed by atoms with van der Waals surface area (Å²) in [6, 6.07) is 14.4. The fourth-order valence-corrected chi connectivity index (χ4v) is 5.23. The molecule has 2 atom stereocenters. The van der Waals surface area contributed by atoms with Crippen LogP contribution < -0.4 is 10.6 Å². The van der Waals surface area contributed by atoms with E-state index in [2.05, 4.69) is 67.8 Å². The Morgan fingerprint density at radius 1 is 1.03 bits per heavy atom. The minimum atomic E-state index is 0.534. The van der Waals surface area contributed by atoms with Gasteiger partial charge in [0.2, 0.25) is 0 Å². The molecule has 2 aliphatic rings. The number of nitrogens with one attached hydrogen (secondary N) is 2. The molecule has 6 heteroatoms. The van der Waals surface area contributed by atoms with E-state index >= 15 is 0 Å². The van der Waals surface area contributed by atoms with E-state index in [1.165, 1.54) is 49.5 Å². The van der Waals surface area contributed by atoms with Crippen molar-refractivity contribution in [2.24, 2.45) is 5.92 Å². The smallest absolute Gasteiger partial charge is 0.145 e. The summed E-state index contributed by atoms with van der Waals surface area (Å²) in [5, 5.41) is 9.02. The summed E-state index contributed by atoms with van der Waals surface area (Å²) in [6.45, 7) is 0. The number of hydrogen-bond acceptors (Lipinski definition) is 5. The van der Waals surface area contributed by atoms with Gasteiger partial charge < -0.3 is 15.2 Å². The average Bonchev–Trinajstić information content (AvgIpc) is 3.33. The van der Waals surface area contributed by atoms with E-state index < -0.39 is 0 Å². The molecule has 0 amide bonds. The van der Waals surface area contributed by atoms with Gasteiger partial charge in [-0.2, -0.15) is 0 Å². The Hall–Kier alpha value is -3.15. The van der Waals surface area contributed by atoms with Crippen LogP contribution in [0.1, 0.15) is 50.1 Å². The van der Waals surface area contributed by atoms with E-state index in [-0.39, 0.29) is 0 Å². The normalized spacial score (nSPS) is 20.8. The molecule has 2 saturated carbocycles. The number of rotatable bonds is 7. The predicted octanol–water partition coefficient (Wildman–Crippen LogP) is 5.57. The summed E-state index contributed by atoms with van der Waals surface area (Å²) in [4.78, 5) is 13.8. The van der Waals surface area contributed by atoms with E-state index in [9.17, 15) is 0 Å². The Labute approximate surface area is 188 Å². The number of nitrogens with zero attached hydrogens (tertiary/aromatic N) is 4. The van der Waals surface area contributed by atoms with Gasteiger partial charge in [-0.3, -0.25) is 0 Å². The van der Waals surface area contributed by atoms with Gasteiger partial charge in [0.25, 0.3) is 0 Å². The molecule has 2 fully saturated rings. The summed E-state index contributed by atoms with van der Waals surface area (Å²) in [7, 11) is 1.91. The Balaban J connectivity index is 1.12. The van der Waals surface area contributed by atoms with Crippen LogP contribution in [0.3, 0.4) is 0 Å². The first kappa shape index (κ1) is 19.5. The molecule has 0 bridgehead atoms. The zero-order valence-corrected chi connectivity index (χ0v) is 18.6. The van der Waals surface area contributed by atoms with Crippen LogP contribution in [0.15, 0.2) is 48.9 Å². The lowest BCUT2D eigenvalue weighted by atomic mass is 9.97. The summed E-state index contributed by atoms with van der Waals surface area (Å²) in [5.74, 6) is 2.68. The largest absolute Gasteiger partial charge is 0.372 e. The molecule has 0 aliphatic heterocycles. The fraction of sp³-hybridized carbons (Fsp3) is 0.423. The Morgan fingerprint density at radius 3 is 2.81 bits per heavy atom. The quantitative estimate of drug-likeness (QED) is 0.404. The van der Waals surface area contributed by atoms with Gasteiger partial charge in [0.15, 0.2) is 0 Å². The van der Waals surface area contributed by atoms with E-state index in [4.69, 9.17) is 4.98 Å². The van der Waals surface area contributed by atoms with Gasteiger partial charge in [0, 0.05) is 30.7 Å². The van der Waals surface area contributed by atoms with Crippen molar-refractivity contribution in [1.29, 1.82) is 0 Å². The van der Waals surface area contributed by atoms with E-state index in [1.54, 1.807) is 6.33 Å². The summed E-state index contributed by atoms with van der Waals surface area (Å²) < 4.78 is 2.37. The third-order valence-electron chi connectivity index (χ3n) is 7.18. The van der Waals surface area contributed by atoms with Crippen LogP contribution in [0.4, 0.5) is 11.6 Å². The van der Waals surface area contributed by atoms with E-state index in [0.717, 1.165) is 40.5 Å². The molecule has 0 saturated heterocycles. The van der Waals surface area contributed by atoms with Crippen LogP contribution in [0, 0.1) is 5.92 Å². The maximum Gasteiger partial charge on any atom is 0.145 e. The molecule has 32 heavy (non-hydrogen) atoms. The van der Waals surface area contributed by atoms with Crippen molar-refractivity contribution in [3.8, 4) is 0 Å². The molecular formula is C26H30N6. The second kappa shape index (κ2) is 8.08. The van der Waals surface area contributed by atoms with Crippen LogP contribution in [0.25, 0.3) is 21.9 Å². The third-order valence-corrected chi connectivity index (χ3v) is 7.18. The van der Waals surface area contributed by atoms with Crippen LogP contribution >= 0.6 is 0 Å². The highest BCUT2D eigenvalue weighted by Crippen LogP contribution is 2.39. The lowest BCUT2D eigenvalue weighted by molar-refractivity contribution is 0.461. The highest BCUT2D eigenvalue weighted by atomic mass is 15.1. The minimum absolute atomic E-state index is 0.534. The van der Waals surface area contributed by atoms with Gasteiger partial charge in [-0.25, -0.2) is 15.0 Å². The van der Waals surface area contributed by atoms with Gasteiger partial charge >= 0.3 is 0 Å². The molecule has 0 unspecified atom stereocenters. The monoisotopic (exact) mass is 426 g/mol. The SMILES string of the molecule is CNc1ncnc2c1ccn2[C@H]1CC[C@@H](CCc2ccc3ccc(NC4CC4)nc3c2)C1. The zero-order valence-electron chi connectivity index (χ0n) is 18.6. The number of anilines is 2. The van der Waals surface area contributed by atoms with Crippen LogP contribution in [0.5, 0.6) is 0 Å². The van der Waals surface area contributed by atoms with Gasteiger partial charge in [0.05, 0.1) is 10.9 Å². The Morgan fingerprint density at radius 2 is 1.94 bits per heavy atom. The molecule has 0 spiro atoms. The molecule has 3 aromatic heterocycles. The molecule has 164 valence electrons. The molecule has 2 N–H and O–H groups in total.